The fraction of sp³-hybridized carbons (Fsp3) is 0.136. The third-order valence-electron chi connectivity index (χ3n) is 4.34. The molecule has 0 saturated heterocycles. The van der Waals surface area contributed by atoms with E-state index in [-0.39, 0.29) is 12.5 Å². The Morgan fingerprint density at radius 3 is 2.63 bits per heavy atom. The first-order chi connectivity index (χ1) is 14.4. The van der Waals surface area contributed by atoms with Gasteiger partial charge >= 0.3 is 0 Å². The molecular weight excluding hydrogens is 448 g/mol. The van der Waals surface area contributed by atoms with Crippen LogP contribution in [0.15, 0.2) is 64.4 Å². The van der Waals surface area contributed by atoms with Gasteiger partial charge in [0.1, 0.15) is 18.0 Å². The summed E-state index contributed by atoms with van der Waals surface area (Å²) in [7, 11) is 1.57. The first kappa shape index (κ1) is 21.3. The summed E-state index contributed by atoms with van der Waals surface area (Å²) >= 11 is 3.35. The monoisotopic (exact) mass is 468 g/mol. The largest absolute Gasteiger partial charge is 0.497 e. The normalized spacial score (nSPS) is 10.4. The van der Waals surface area contributed by atoms with E-state index in [0.29, 0.717) is 34.1 Å². The zero-order valence-electron chi connectivity index (χ0n) is 16.6. The summed E-state index contributed by atoms with van der Waals surface area (Å²) in [5, 5.41) is 10.2. The minimum Gasteiger partial charge on any atom is -0.497 e. The quantitative estimate of drug-likeness (QED) is 0.538. The molecule has 2 aromatic carbocycles. The maximum atomic E-state index is 13.1. The number of nitrogens with zero attached hydrogens (tertiary/aromatic N) is 2. The van der Waals surface area contributed by atoms with Crippen LogP contribution in [0, 0.1) is 6.92 Å². The molecule has 0 atom stereocenters. The topological polar surface area (TPSA) is 85.2 Å². The van der Waals surface area contributed by atoms with Crippen LogP contribution in [-0.4, -0.2) is 22.8 Å². The van der Waals surface area contributed by atoms with Crippen molar-refractivity contribution in [1.29, 1.82) is 0 Å². The molecule has 0 saturated carbocycles. The molecule has 154 valence electrons. The molecule has 0 aliphatic carbocycles. The molecule has 3 aromatic rings. The third-order valence-corrected chi connectivity index (χ3v) is 4.87. The van der Waals surface area contributed by atoms with Crippen LogP contribution >= 0.6 is 15.9 Å². The van der Waals surface area contributed by atoms with Crippen LogP contribution in [0.1, 0.15) is 11.3 Å². The molecule has 1 aromatic heterocycles. The first-order valence-corrected chi connectivity index (χ1v) is 9.91. The van der Waals surface area contributed by atoms with E-state index in [1.54, 1.807) is 38.3 Å². The van der Waals surface area contributed by atoms with Crippen molar-refractivity contribution in [3.63, 3.8) is 0 Å². The molecule has 0 fully saturated rings. The number of carbonyl (C=O) groups is 1. The standard InChI is InChI=1S/C22H21BrN4O3/c1-4-19-14(2)26-27(13-20(28)24-16-10-8-15(23)9-11-16)22(29)21(19)25-17-6-5-7-18(12-17)30-3/h4-12,25H,1,13H2,2-3H3,(H,24,28). The second-order valence-corrected chi connectivity index (χ2v) is 7.37. The molecule has 0 aliphatic heterocycles. The van der Waals surface area contributed by atoms with Gasteiger partial charge in [-0.2, -0.15) is 5.10 Å². The number of hydrogen-bond donors (Lipinski definition) is 2. The van der Waals surface area contributed by atoms with Gasteiger partial charge in [-0.3, -0.25) is 9.59 Å². The van der Waals surface area contributed by atoms with Crippen molar-refractivity contribution in [1.82, 2.24) is 9.78 Å². The molecule has 0 unspecified atom stereocenters. The molecule has 0 radical (unpaired) electrons. The number of nitrogens with one attached hydrogen (secondary N) is 2. The van der Waals surface area contributed by atoms with Gasteiger partial charge in [0.25, 0.3) is 5.56 Å². The van der Waals surface area contributed by atoms with E-state index in [2.05, 4.69) is 38.2 Å². The summed E-state index contributed by atoms with van der Waals surface area (Å²) in [5.74, 6) is 0.296. The lowest BCUT2D eigenvalue weighted by Crippen LogP contribution is -2.32. The summed E-state index contributed by atoms with van der Waals surface area (Å²) in [6.45, 7) is 5.32. The lowest BCUT2D eigenvalue weighted by atomic mass is 10.1. The Morgan fingerprint density at radius 1 is 1.23 bits per heavy atom. The van der Waals surface area contributed by atoms with Gasteiger partial charge in [-0.1, -0.05) is 34.7 Å². The van der Waals surface area contributed by atoms with E-state index >= 15 is 0 Å². The van der Waals surface area contributed by atoms with Crippen LogP contribution < -0.4 is 20.9 Å². The lowest BCUT2D eigenvalue weighted by Gasteiger charge is -2.15. The maximum Gasteiger partial charge on any atom is 0.291 e. The van der Waals surface area contributed by atoms with E-state index in [4.69, 9.17) is 4.74 Å². The van der Waals surface area contributed by atoms with Crippen molar-refractivity contribution >= 4 is 45.0 Å². The summed E-state index contributed by atoms with van der Waals surface area (Å²) in [6, 6.07) is 14.4. The van der Waals surface area contributed by atoms with E-state index < -0.39 is 5.56 Å². The van der Waals surface area contributed by atoms with Crippen LogP contribution in [0.25, 0.3) is 6.08 Å². The van der Waals surface area contributed by atoms with Crippen LogP contribution in [-0.2, 0) is 11.3 Å². The number of rotatable bonds is 7. The molecule has 3 rings (SSSR count). The van der Waals surface area contributed by atoms with Gasteiger partial charge in [-0.05, 0) is 43.3 Å². The molecule has 7 nitrogen and oxygen atoms in total. The molecule has 8 heteroatoms. The van der Waals surface area contributed by atoms with Gasteiger partial charge < -0.3 is 15.4 Å². The van der Waals surface area contributed by atoms with E-state index in [9.17, 15) is 9.59 Å². The highest BCUT2D eigenvalue weighted by Gasteiger charge is 2.16. The third kappa shape index (κ3) is 4.96. The summed E-state index contributed by atoms with van der Waals surface area (Å²) in [4.78, 5) is 25.5. The molecule has 0 bridgehead atoms. The zero-order valence-corrected chi connectivity index (χ0v) is 18.2. The maximum absolute atomic E-state index is 13.1. The van der Waals surface area contributed by atoms with Crippen molar-refractivity contribution in [2.24, 2.45) is 0 Å². The Morgan fingerprint density at radius 2 is 1.97 bits per heavy atom. The van der Waals surface area contributed by atoms with Crippen molar-refractivity contribution in [2.75, 3.05) is 17.7 Å². The van der Waals surface area contributed by atoms with Crippen LogP contribution in [0.4, 0.5) is 17.1 Å². The van der Waals surface area contributed by atoms with Crippen LogP contribution in [0.3, 0.4) is 0 Å². The van der Waals surface area contributed by atoms with Gasteiger partial charge in [0.2, 0.25) is 5.91 Å². The van der Waals surface area contributed by atoms with Crippen molar-refractivity contribution in [3.8, 4) is 5.75 Å². The second kappa shape index (κ2) is 9.41. The number of benzene rings is 2. The number of methoxy groups -OCH3 is 1. The SMILES string of the molecule is C=Cc1c(C)nn(CC(=O)Nc2ccc(Br)cc2)c(=O)c1Nc1cccc(OC)c1. The smallest absolute Gasteiger partial charge is 0.291 e. The predicted octanol–water partition coefficient (Wildman–Crippen LogP) is 4.35. The van der Waals surface area contributed by atoms with E-state index in [1.807, 2.05) is 30.3 Å². The fourth-order valence-electron chi connectivity index (χ4n) is 2.90. The highest BCUT2D eigenvalue weighted by atomic mass is 79.9. The van der Waals surface area contributed by atoms with Gasteiger partial charge in [0, 0.05) is 27.5 Å². The molecule has 30 heavy (non-hydrogen) atoms. The van der Waals surface area contributed by atoms with Crippen molar-refractivity contribution in [2.45, 2.75) is 13.5 Å². The Kier molecular flexibility index (Phi) is 6.68. The predicted molar refractivity (Wildman–Crippen MR) is 122 cm³/mol. The molecule has 0 aliphatic rings. The van der Waals surface area contributed by atoms with E-state index in [1.165, 1.54) is 0 Å². The Balaban J connectivity index is 1.90. The minimum absolute atomic E-state index is 0.222. The number of hydrogen-bond acceptors (Lipinski definition) is 5. The number of halogens is 1. The Hall–Kier alpha value is -3.39. The number of aryl methyl sites for hydroxylation is 1. The Labute approximate surface area is 182 Å². The number of carbonyl (C=O) groups excluding carboxylic acids is 1. The number of aromatic nitrogens is 2. The summed E-state index contributed by atoms with van der Waals surface area (Å²) < 4.78 is 7.27. The van der Waals surface area contributed by atoms with Gasteiger partial charge in [0.15, 0.2) is 0 Å². The number of ether oxygens (including phenoxy) is 1. The average Bonchev–Trinajstić information content (AvgIpc) is 2.73. The number of amides is 1. The summed E-state index contributed by atoms with van der Waals surface area (Å²) in [6.07, 6.45) is 1.57. The molecule has 1 amide bonds. The second-order valence-electron chi connectivity index (χ2n) is 6.45. The lowest BCUT2D eigenvalue weighted by molar-refractivity contribution is -0.117. The van der Waals surface area contributed by atoms with Crippen LogP contribution in [0.5, 0.6) is 5.75 Å². The minimum atomic E-state index is -0.427. The van der Waals surface area contributed by atoms with Crippen molar-refractivity contribution < 1.29 is 9.53 Å². The highest BCUT2D eigenvalue weighted by molar-refractivity contribution is 9.10. The highest BCUT2D eigenvalue weighted by Crippen LogP contribution is 2.23. The van der Waals surface area contributed by atoms with Gasteiger partial charge in [-0.15, -0.1) is 0 Å². The fourth-order valence-corrected chi connectivity index (χ4v) is 3.16. The zero-order chi connectivity index (χ0) is 21.7. The molecule has 0 spiro atoms. The molecule has 2 N–H and O–H groups in total. The van der Waals surface area contributed by atoms with E-state index in [0.717, 1.165) is 9.15 Å². The first-order valence-electron chi connectivity index (χ1n) is 9.12. The average molecular weight is 469 g/mol. The molecular formula is C22H21BrN4O3. The van der Waals surface area contributed by atoms with Crippen molar-refractivity contribution in [3.05, 3.63) is 81.2 Å². The number of anilines is 3. The molecule has 1 heterocycles. The summed E-state index contributed by atoms with van der Waals surface area (Å²) in [5.41, 5.74) is 2.32. The van der Waals surface area contributed by atoms with Crippen LogP contribution in [0.2, 0.25) is 0 Å². The Bertz CT molecular complexity index is 1140. The van der Waals surface area contributed by atoms with Gasteiger partial charge in [0.05, 0.1) is 12.8 Å². The van der Waals surface area contributed by atoms with Gasteiger partial charge in [-0.25, -0.2) is 4.68 Å².